The number of methoxy groups -OCH3 is 1. The monoisotopic (exact) mass is 666 g/mol. The SMILES string of the molecule is COC1CCCC1N1CCOc2c(Cl)c(-c3ccc(F)c4sc(N)c(C#N)c34)c(F)c3nc(OCC45CCCN4CCC5)nc1c23. The Morgan fingerprint density at radius 1 is 1.15 bits per heavy atom. The molecule has 3 aliphatic heterocycles. The Kier molecular flexibility index (Phi) is 7.36. The number of nitrogen functional groups attached to an aromatic ring is 1. The molecule has 0 spiro atoms. The molecule has 1 saturated carbocycles. The molecule has 46 heavy (non-hydrogen) atoms. The van der Waals surface area contributed by atoms with Gasteiger partial charge < -0.3 is 24.8 Å². The van der Waals surface area contributed by atoms with E-state index < -0.39 is 11.6 Å². The second-order valence-electron chi connectivity index (χ2n) is 12.7. The van der Waals surface area contributed by atoms with E-state index in [4.69, 9.17) is 36.5 Å². The summed E-state index contributed by atoms with van der Waals surface area (Å²) in [6, 6.07) is 4.79. The van der Waals surface area contributed by atoms with Crippen molar-refractivity contribution >= 4 is 54.7 Å². The molecule has 2 aromatic carbocycles. The number of thiophene rings is 1. The molecule has 4 aliphatic rings. The third-order valence-electron chi connectivity index (χ3n) is 10.4. The summed E-state index contributed by atoms with van der Waals surface area (Å²) in [5.74, 6) is -0.570. The van der Waals surface area contributed by atoms with Gasteiger partial charge in [0.15, 0.2) is 11.6 Å². The number of fused-ring (bicyclic) bond motifs is 2. The van der Waals surface area contributed by atoms with Gasteiger partial charge in [0.1, 0.15) is 41.4 Å². The molecule has 240 valence electrons. The van der Waals surface area contributed by atoms with Crippen molar-refractivity contribution in [1.29, 1.82) is 5.26 Å². The summed E-state index contributed by atoms with van der Waals surface area (Å²) >= 11 is 8.00. The molecule has 2 atom stereocenters. The van der Waals surface area contributed by atoms with Crippen LogP contribution in [0.4, 0.5) is 19.6 Å². The third-order valence-corrected chi connectivity index (χ3v) is 11.8. The van der Waals surface area contributed by atoms with Crippen molar-refractivity contribution in [2.24, 2.45) is 0 Å². The van der Waals surface area contributed by atoms with E-state index in [1.165, 1.54) is 12.1 Å². The number of rotatable bonds is 6. The Morgan fingerprint density at radius 3 is 2.72 bits per heavy atom. The molecule has 13 heteroatoms. The molecule has 2 aromatic heterocycles. The van der Waals surface area contributed by atoms with Gasteiger partial charge in [-0.25, -0.2) is 8.78 Å². The number of anilines is 2. The van der Waals surface area contributed by atoms with Crippen LogP contribution in [-0.2, 0) is 4.74 Å². The van der Waals surface area contributed by atoms with Crippen LogP contribution in [0.25, 0.3) is 32.1 Å². The first-order valence-corrected chi connectivity index (χ1v) is 17.0. The van der Waals surface area contributed by atoms with E-state index in [2.05, 4.69) is 20.9 Å². The Balaban J connectivity index is 1.35. The summed E-state index contributed by atoms with van der Waals surface area (Å²) in [6.45, 7) is 3.22. The largest absolute Gasteiger partial charge is 0.489 e. The predicted molar refractivity (Wildman–Crippen MR) is 174 cm³/mol. The van der Waals surface area contributed by atoms with E-state index >= 15 is 4.39 Å². The molecule has 0 amide bonds. The lowest BCUT2D eigenvalue weighted by atomic mass is 9.95. The van der Waals surface area contributed by atoms with E-state index in [0.29, 0.717) is 24.4 Å². The van der Waals surface area contributed by atoms with Crippen LogP contribution < -0.4 is 20.1 Å². The Labute approximate surface area is 273 Å². The number of benzene rings is 2. The lowest BCUT2D eigenvalue weighted by Crippen LogP contribution is -2.44. The minimum absolute atomic E-state index is 0.00513. The van der Waals surface area contributed by atoms with E-state index in [1.807, 2.05) is 0 Å². The van der Waals surface area contributed by atoms with Gasteiger partial charge in [-0.1, -0.05) is 17.7 Å². The molecular weight excluding hydrogens is 634 g/mol. The molecule has 4 aromatic rings. The second-order valence-corrected chi connectivity index (χ2v) is 14.1. The highest BCUT2D eigenvalue weighted by Crippen LogP contribution is 2.51. The van der Waals surface area contributed by atoms with Crippen molar-refractivity contribution in [3.63, 3.8) is 0 Å². The van der Waals surface area contributed by atoms with Crippen LogP contribution in [0.3, 0.4) is 0 Å². The van der Waals surface area contributed by atoms with Gasteiger partial charge in [-0.15, -0.1) is 11.3 Å². The Morgan fingerprint density at radius 2 is 1.96 bits per heavy atom. The first kappa shape index (κ1) is 29.9. The number of nitriles is 1. The van der Waals surface area contributed by atoms with Crippen LogP contribution >= 0.6 is 22.9 Å². The average Bonchev–Trinajstić information content (AvgIpc) is 3.82. The maximum absolute atomic E-state index is 17.2. The van der Waals surface area contributed by atoms with Gasteiger partial charge in [0.25, 0.3) is 0 Å². The molecule has 2 unspecified atom stereocenters. The fourth-order valence-electron chi connectivity index (χ4n) is 8.26. The number of hydrogen-bond donors (Lipinski definition) is 1. The Hall–Kier alpha value is -3.50. The summed E-state index contributed by atoms with van der Waals surface area (Å²) in [4.78, 5) is 14.2. The number of hydrogen-bond acceptors (Lipinski definition) is 10. The molecule has 3 fully saturated rings. The van der Waals surface area contributed by atoms with Gasteiger partial charge in [0, 0.05) is 18.1 Å². The topological polar surface area (TPSA) is 110 Å². The lowest BCUT2D eigenvalue weighted by molar-refractivity contribution is 0.0922. The van der Waals surface area contributed by atoms with Crippen molar-refractivity contribution in [2.45, 2.75) is 62.6 Å². The van der Waals surface area contributed by atoms with Crippen molar-refractivity contribution < 1.29 is 23.0 Å². The molecular formula is C33H33ClF2N6O3S. The molecule has 2 N–H and O–H groups in total. The highest BCUT2D eigenvalue weighted by atomic mass is 35.5. The summed E-state index contributed by atoms with van der Waals surface area (Å²) < 4.78 is 50.9. The summed E-state index contributed by atoms with van der Waals surface area (Å²) in [7, 11) is 1.71. The van der Waals surface area contributed by atoms with Crippen LogP contribution in [0.15, 0.2) is 12.1 Å². The zero-order valence-corrected chi connectivity index (χ0v) is 26.9. The Bertz CT molecular complexity index is 1920. The van der Waals surface area contributed by atoms with Crippen molar-refractivity contribution in [3.8, 4) is 29.0 Å². The third kappa shape index (κ3) is 4.43. The summed E-state index contributed by atoms with van der Waals surface area (Å²) in [6.07, 6.45) is 7.05. The zero-order chi connectivity index (χ0) is 31.7. The number of ether oxygens (including phenoxy) is 3. The van der Waals surface area contributed by atoms with E-state index in [9.17, 15) is 9.65 Å². The number of halogens is 3. The van der Waals surface area contributed by atoms with Crippen LogP contribution in [0.2, 0.25) is 5.02 Å². The summed E-state index contributed by atoms with van der Waals surface area (Å²) in [5.41, 5.74) is 6.29. The maximum atomic E-state index is 17.2. The molecule has 9 nitrogen and oxygen atoms in total. The maximum Gasteiger partial charge on any atom is 0.319 e. The fraction of sp³-hybridized carbons (Fsp3) is 0.485. The second kappa shape index (κ2) is 11.3. The smallest absolute Gasteiger partial charge is 0.319 e. The molecule has 0 bridgehead atoms. The summed E-state index contributed by atoms with van der Waals surface area (Å²) in [5, 5.41) is 10.6. The molecule has 0 radical (unpaired) electrons. The van der Waals surface area contributed by atoms with Gasteiger partial charge in [-0.3, -0.25) is 4.90 Å². The molecule has 8 rings (SSSR count). The van der Waals surface area contributed by atoms with E-state index in [-0.39, 0.29) is 78.4 Å². The van der Waals surface area contributed by atoms with Crippen LogP contribution in [0.5, 0.6) is 11.8 Å². The number of aromatic nitrogens is 2. The first-order valence-electron chi connectivity index (χ1n) is 15.8. The predicted octanol–water partition coefficient (Wildman–Crippen LogP) is 6.67. The minimum atomic E-state index is -0.736. The van der Waals surface area contributed by atoms with Crippen LogP contribution in [-0.4, -0.2) is 72.5 Å². The number of nitrogens with two attached hydrogens (primary N) is 1. The minimum Gasteiger partial charge on any atom is -0.489 e. The highest BCUT2D eigenvalue weighted by Gasteiger charge is 2.45. The van der Waals surface area contributed by atoms with E-state index in [1.54, 1.807) is 7.11 Å². The van der Waals surface area contributed by atoms with Gasteiger partial charge in [-0.2, -0.15) is 15.2 Å². The highest BCUT2D eigenvalue weighted by molar-refractivity contribution is 7.23. The van der Waals surface area contributed by atoms with Crippen molar-refractivity contribution in [1.82, 2.24) is 14.9 Å². The van der Waals surface area contributed by atoms with E-state index in [0.717, 1.165) is 69.4 Å². The van der Waals surface area contributed by atoms with Crippen molar-refractivity contribution in [2.75, 3.05) is 50.6 Å². The van der Waals surface area contributed by atoms with Crippen LogP contribution in [0.1, 0.15) is 50.5 Å². The standard InChI is InChI=1S/C33H33ClF2N6O3S/c1-43-21-6-2-5-20(21)42-13-14-44-28-24-27(39-32(40-31(24)42)45-16-33-9-3-11-41(33)12-4-10-33)26(36)23(25(28)34)17-7-8-19(35)29-22(17)18(15-37)30(38)46-29/h7-8,20-21H,2-6,9-14,16,38H2,1H3. The fourth-order valence-corrected chi connectivity index (χ4v) is 9.54. The zero-order valence-electron chi connectivity index (χ0n) is 25.4. The van der Waals surface area contributed by atoms with Crippen LogP contribution in [0, 0.1) is 23.0 Å². The van der Waals surface area contributed by atoms with Gasteiger partial charge in [-0.05, 0) is 69.7 Å². The van der Waals surface area contributed by atoms with Gasteiger partial charge in [0.2, 0.25) is 0 Å². The van der Waals surface area contributed by atoms with Gasteiger partial charge in [0.05, 0.1) is 44.9 Å². The normalized spacial score (nSPS) is 22.3. The lowest BCUT2D eigenvalue weighted by Gasteiger charge is -2.33. The average molecular weight is 667 g/mol. The molecule has 2 saturated heterocycles. The quantitative estimate of drug-likeness (QED) is 0.241. The number of nitrogens with zero attached hydrogens (tertiary/aromatic N) is 5. The van der Waals surface area contributed by atoms with Gasteiger partial charge >= 0.3 is 6.01 Å². The molecule has 1 aliphatic carbocycles. The molecule has 5 heterocycles. The first-order chi connectivity index (χ1) is 22.3. The van der Waals surface area contributed by atoms with Crippen molar-refractivity contribution in [3.05, 3.63) is 34.4 Å².